The topological polar surface area (TPSA) is 70.7 Å². The SMILES string of the molecule is Cc1ccc(-n2ncc(C(=O)NCc3cccc(C#N)c3)c2C(F)(F)F)cc1. The number of hydrogen-bond acceptors (Lipinski definition) is 3. The zero-order chi connectivity index (χ0) is 20.3. The number of nitriles is 1. The van der Waals surface area contributed by atoms with Gasteiger partial charge < -0.3 is 5.32 Å². The van der Waals surface area contributed by atoms with E-state index >= 15 is 0 Å². The van der Waals surface area contributed by atoms with Crippen LogP contribution in [-0.2, 0) is 12.7 Å². The van der Waals surface area contributed by atoms with Crippen LogP contribution in [0, 0.1) is 18.3 Å². The van der Waals surface area contributed by atoms with Crippen LogP contribution in [-0.4, -0.2) is 15.7 Å². The quantitative estimate of drug-likeness (QED) is 0.739. The van der Waals surface area contributed by atoms with Crippen LogP contribution in [0.25, 0.3) is 5.69 Å². The molecule has 0 aliphatic heterocycles. The number of benzene rings is 2. The Bertz CT molecular complexity index is 1050. The maximum Gasteiger partial charge on any atom is 0.434 e. The molecular weight excluding hydrogens is 369 g/mol. The van der Waals surface area contributed by atoms with Crippen LogP contribution in [0.15, 0.2) is 54.7 Å². The van der Waals surface area contributed by atoms with Crippen LogP contribution in [0.5, 0.6) is 0 Å². The molecular formula is C20H15F3N4O. The molecule has 0 aliphatic carbocycles. The number of alkyl halides is 3. The lowest BCUT2D eigenvalue weighted by atomic mass is 10.1. The van der Waals surface area contributed by atoms with E-state index in [1.54, 1.807) is 36.4 Å². The Morgan fingerprint density at radius 3 is 2.57 bits per heavy atom. The van der Waals surface area contributed by atoms with Gasteiger partial charge in [0.2, 0.25) is 0 Å². The third kappa shape index (κ3) is 4.04. The van der Waals surface area contributed by atoms with Gasteiger partial charge in [-0.25, -0.2) is 4.68 Å². The number of halogens is 3. The highest BCUT2D eigenvalue weighted by molar-refractivity contribution is 5.95. The molecule has 1 heterocycles. The number of rotatable bonds is 4. The maximum absolute atomic E-state index is 13.7. The molecule has 3 rings (SSSR count). The van der Waals surface area contributed by atoms with Crippen molar-refractivity contribution in [3.8, 4) is 11.8 Å². The molecule has 0 fully saturated rings. The lowest BCUT2D eigenvalue weighted by molar-refractivity contribution is -0.143. The third-order valence-corrected chi connectivity index (χ3v) is 4.07. The van der Waals surface area contributed by atoms with E-state index in [1.165, 1.54) is 12.1 Å². The second-order valence-corrected chi connectivity index (χ2v) is 6.15. The average Bonchev–Trinajstić information content (AvgIpc) is 3.12. The number of aryl methyl sites for hydroxylation is 1. The molecule has 0 saturated heterocycles. The van der Waals surface area contributed by atoms with E-state index in [1.807, 2.05) is 13.0 Å². The van der Waals surface area contributed by atoms with E-state index in [4.69, 9.17) is 5.26 Å². The summed E-state index contributed by atoms with van der Waals surface area (Å²) in [5.74, 6) is -0.895. The van der Waals surface area contributed by atoms with E-state index < -0.39 is 23.3 Å². The van der Waals surface area contributed by atoms with E-state index in [0.717, 1.165) is 11.8 Å². The number of aromatic nitrogens is 2. The predicted molar refractivity (Wildman–Crippen MR) is 95.6 cm³/mol. The van der Waals surface area contributed by atoms with Crippen LogP contribution in [0.4, 0.5) is 13.2 Å². The molecule has 28 heavy (non-hydrogen) atoms. The number of nitrogens with zero attached hydrogens (tertiary/aromatic N) is 3. The molecule has 142 valence electrons. The number of nitrogens with one attached hydrogen (secondary N) is 1. The van der Waals surface area contributed by atoms with E-state index in [2.05, 4.69) is 10.4 Å². The zero-order valence-electron chi connectivity index (χ0n) is 14.8. The molecule has 0 spiro atoms. The summed E-state index contributed by atoms with van der Waals surface area (Å²) in [6.07, 6.45) is -3.86. The predicted octanol–water partition coefficient (Wildman–Crippen LogP) is 4.00. The molecule has 3 aromatic rings. The van der Waals surface area contributed by atoms with Gasteiger partial charge in [-0.2, -0.15) is 23.5 Å². The number of hydrogen-bond donors (Lipinski definition) is 1. The summed E-state index contributed by atoms with van der Waals surface area (Å²) in [7, 11) is 0. The minimum Gasteiger partial charge on any atom is -0.348 e. The second-order valence-electron chi connectivity index (χ2n) is 6.15. The van der Waals surface area contributed by atoms with Crippen molar-refractivity contribution in [2.45, 2.75) is 19.6 Å². The van der Waals surface area contributed by atoms with Crippen molar-refractivity contribution >= 4 is 5.91 Å². The van der Waals surface area contributed by atoms with Crippen molar-refractivity contribution in [3.05, 3.63) is 82.7 Å². The molecule has 8 heteroatoms. The van der Waals surface area contributed by atoms with Crippen LogP contribution in [0.1, 0.15) is 32.7 Å². The standard InChI is InChI=1S/C20H15F3N4O/c1-13-5-7-16(8-6-13)27-18(20(21,22)23)17(12-26-27)19(28)25-11-15-4-2-3-14(9-15)10-24/h2-9,12H,11H2,1H3,(H,25,28). The van der Waals surface area contributed by atoms with E-state index in [0.29, 0.717) is 15.8 Å². The van der Waals surface area contributed by atoms with Crippen molar-refractivity contribution in [3.63, 3.8) is 0 Å². The van der Waals surface area contributed by atoms with Crippen molar-refractivity contribution in [1.29, 1.82) is 5.26 Å². The summed E-state index contributed by atoms with van der Waals surface area (Å²) in [5.41, 5.74) is 0.395. The Morgan fingerprint density at radius 1 is 1.21 bits per heavy atom. The number of amides is 1. The van der Waals surface area contributed by atoms with Crippen LogP contribution < -0.4 is 5.32 Å². The molecule has 1 N–H and O–H groups in total. The van der Waals surface area contributed by atoms with Crippen LogP contribution in [0.2, 0.25) is 0 Å². The van der Waals surface area contributed by atoms with Gasteiger partial charge in [0.25, 0.3) is 5.91 Å². The molecule has 0 unspecified atom stereocenters. The largest absolute Gasteiger partial charge is 0.434 e. The fourth-order valence-corrected chi connectivity index (χ4v) is 2.70. The Hall–Kier alpha value is -3.60. The van der Waals surface area contributed by atoms with Gasteiger partial charge in [0.15, 0.2) is 5.69 Å². The van der Waals surface area contributed by atoms with Crippen molar-refractivity contribution in [1.82, 2.24) is 15.1 Å². The fourth-order valence-electron chi connectivity index (χ4n) is 2.70. The minimum absolute atomic E-state index is 0.0125. The van der Waals surface area contributed by atoms with Gasteiger partial charge in [0, 0.05) is 6.54 Å². The Balaban J connectivity index is 1.89. The van der Waals surface area contributed by atoms with Gasteiger partial charge in [-0.15, -0.1) is 0 Å². The normalized spacial score (nSPS) is 11.1. The molecule has 0 aliphatic rings. The highest BCUT2D eigenvalue weighted by Gasteiger charge is 2.40. The van der Waals surface area contributed by atoms with Crippen molar-refractivity contribution in [2.24, 2.45) is 0 Å². The lowest BCUT2D eigenvalue weighted by Gasteiger charge is -2.13. The summed E-state index contributed by atoms with van der Waals surface area (Å²) < 4.78 is 41.7. The van der Waals surface area contributed by atoms with Gasteiger partial charge in [0.05, 0.1) is 29.1 Å². The fraction of sp³-hybridized carbons (Fsp3) is 0.150. The van der Waals surface area contributed by atoms with Gasteiger partial charge in [-0.05, 0) is 36.8 Å². The van der Waals surface area contributed by atoms with Gasteiger partial charge in [-0.3, -0.25) is 4.79 Å². The molecule has 0 saturated carbocycles. The maximum atomic E-state index is 13.7. The molecule has 5 nitrogen and oxygen atoms in total. The first-order valence-corrected chi connectivity index (χ1v) is 8.29. The molecule has 0 bridgehead atoms. The zero-order valence-corrected chi connectivity index (χ0v) is 14.8. The first-order valence-electron chi connectivity index (χ1n) is 8.29. The first-order chi connectivity index (χ1) is 13.3. The molecule has 0 radical (unpaired) electrons. The number of carbonyl (C=O) groups excluding carboxylic acids is 1. The molecule has 1 aromatic heterocycles. The first kappa shape index (κ1) is 19.2. The minimum atomic E-state index is -4.77. The lowest BCUT2D eigenvalue weighted by Crippen LogP contribution is -2.26. The smallest absolute Gasteiger partial charge is 0.348 e. The monoisotopic (exact) mass is 384 g/mol. The van der Waals surface area contributed by atoms with Crippen LogP contribution in [0.3, 0.4) is 0 Å². The molecule has 0 atom stereocenters. The van der Waals surface area contributed by atoms with E-state index in [-0.39, 0.29) is 12.2 Å². The van der Waals surface area contributed by atoms with Gasteiger partial charge >= 0.3 is 6.18 Å². The Labute approximate surface area is 159 Å². The third-order valence-electron chi connectivity index (χ3n) is 4.07. The summed E-state index contributed by atoms with van der Waals surface area (Å²) in [6.45, 7) is 1.80. The average molecular weight is 384 g/mol. The number of carbonyl (C=O) groups is 1. The highest BCUT2D eigenvalue weighted by Crippen LogP contribution is 2.33. The summed E-state index contributed by atoms with van der Waals surface area (Å²) in [4.78, 5) is 12.4. The van der Waals surface area contributed by atoms with Gasteiger partial charge in [-0.1, -0.05) is 29.8 Å². The molecule has 1 amide bonds. The molecule has 2 aromatic carbocycles. The Morgan fingerprint density at radius 2 is 1.93 bits per heavy atom. The summed E-state index contributed by atoms with van der Waals surface area (Å²) >= 11 is 0. The highest BCUT2D eigenvalue weighted by atomic mass is 19.4. The van der Waals surface area contributed by atoms with E-state index in [9.17, 15) is 18.0 Å². The van der Waals surface area contributed by atoms with Crippen molar-refractivity contribution < 1.29 is 18.0 Å². The summed E-state index contributed by atoms with van der Waals surface area (Å²) in [5, 5.41) is 15.1. The summed E-state index contributed by atoms with van der Waals surface area (Å²) in [6, 6.07) is 14.8. The second kappa shape index (κ2) is 7.56. The van der Waals surface area contributed by atoms with Crippen molar-refractivity contribution in [2.75, 3.05) is 0 Å². The Kier molecular flexibility index (Phi) is 5.18. The van der Waals surface area contributed by atoms with Crippen LogP contribution >= 0.6 is 0 Å². The van der Waals surface area contributed by atoms with Gasteiger partial charge in [0.1, 0.15) is 0 Å².